The van der Waals surface area contributed by atoms with Crippen molar-refractivity contribution in [3.8, 4) is 0 Å². The summed E-state index contributed by atoms with van der Waals surface area (Å²) < 4.78 is 46.2. The van der Waals surface area contributed by atoms with E-state index >= 15 is 0 Å². The van der Waals surface area contributed by atoms with Crippen LogP contribution in [0, 0.1) is 11.6 Å². The van der Waals surface area contributed by atoms with Crippen LogP contribution in [-0.4, -0.2) is 40.9 Å². The van der Waals surface area contributed by atoms with Crippen molar-refractivity contribution in [3.05, 3.63) is 89.0 Å². The molecule has 3 unspecified atom stereocenters. The highest BCUT2D eigenvalue weighted by atomic mass is 19.1. The van der Waals surface area contributed by atoms with Crippen LogP contribution in [-0.2, 0) is 30.2 Å². The first-order valence-electron chi connectivity index (χ1n) is 12.5. The third-order valence-corrected chi connectivity index (χ3v) is 6.07. The van der Waals surface area contributed by atoms with Gasteiger partial charge < -0.3 is 19.5 Å². The van der Waals surface area contributed by atoms with E-state index in [1.165, 1.54) is 6.07 Å². The summed E-state index contributed by atoms with van der Waals surface area (Å²) in [4.78, 5) is 27.1. The number of ether oxygens (including phenoxy) is 3. The second-order valence-electron chi connectivity index (χ2n) is 11.5. The minimum Gasteiger partial charge on any atom is -0.457 e. The first-order chi connectivity index (χ1) is 17.7. The van der Waals surface area contributed by atoms with E-state index in [0.717, 1.165) is 17.7 Å². The second kappa shape index (κ2) is 9.98. The first kappa shape index (κ1) is 27.5. The molecule has 2 heterocycles. The number of halogens is 2. The Labute approximate surface area is 221 Å². The minimum atomic E-state index is -1.49. The van der Waals surface area contributed by atoms with Crippen molar-refractivity contribution < 1.29 is 32.6 Å². The number of esters is 2. The summed E-state index contributed by atoms with van der Waals surface area (Å²) >= 11 is 0. The monoisotopic (exact) mass is 525 g/mol. The summed E-state index contributed by atoms with van der Waals surface area (Å²) in [5.74, 6) is -2.94. The van der Waals surface area contributed by atoms with Gasteiger partial charge >= 0.3 is 11.9 Å². The third-order valence-electron chi connectivity index (χ3n) is 6.07. The molecule has 3 atom stereocenters. The quantitative estimate of drug-likeness (QED) is 0.371. The van der Waals surface area contributed by atoms with Crippen LogP contribution in [0.2, 0.25) is 0 Å². The number of hydrogen-bond donors (Lipinski definition) is 1. The smallest absolute Gasteiger partial charge is 0.338 e. The zero-order valence-electron chi connectivity index (χ0n) is 22.4. The molecule has 2 aromatic carbocycles. The van der Waals surface area contributed by atoms with Crippen LogP contribution in [0.5, 0.6) is 0 Å². The van der Waals surface area contributed by atoms with E-state index in [-0.39, 0.29) is 23.3 Å². The van der Waals surface area contributed by atoms with Crippen LogP contribution in [0.25, 0.3) is 0 Å². The van der Waals surface area contributed by atoms with Crippen molar-refractivity contribution in [2.75, 3.05) is 5.32 Å². The fraction of sp³-hybridized carbons (Fsp3) is 0.400. The molecule has 6 nitrogen and oxygen atoms in total. The summed E-state index contributed by atoms with van der Waals surface area (Å²) in [7, 11) is 0. The Balaban J connectivity index is 1.86. The number of carbonyl (C=O) groups is 2. The van der Waals surface area contributed by atoms with Crippen LogP contribution < -0.4 is 5.32 Å². The molecule has 0 saturated carbocycles. The van der Waals surface area contributed by atoms with Gasteiger partial charge in [-0.25, -0.2) is 18.4 Å². The van der Waals surface area contributed by atoms with Gasteiger partial charge in [0, 0.05) is 6.07 Å². The largest absolute Gasteiger partial charge is 0.457 e. The van der Waals surface area contributed by atoms with E-state index in [9.17, 15) is 18.4 Å². The molecule has 0 aromatic heterocycles. The molecule has 1 N–H and O–H groups in total. The summed E-state index contributed by atoms with van der Waals surface area (Å²) in [5, 5.41) is 3.13. The molecule has 0 fully saturated rings. The topological polar surface area (TPSA) is 73.9 Å². The van der Waals surface area contributed by atoms with Gasteiger partial charge in [-0.1, -0.05) is 36.4 Å². The standard InChI is InChI=1S/C30H33F2NO5/c1-28(2,3)37-26(34)24-22-14-15-30(36-22,25(24)27(35)38-29(4,5)6)23(16-18-10-8-7-9-11-18)33-21-13-12-19(31)17-20(21)32/h7-15,17,22-23,33H,16H2,1-6H3. The first-order valence-corrected chi connectivity index (χ1v) is 12.5. The Morgan fingerprint density at radius 1 is 0.974 bits per heavy atom. The van der Waals surface area contributed by atoms with E-state index in [1.54, 1.807) is 53.7 Å². The number of fused-ring (bicyclic) bond motifs is 2. The number of hydrogen-bond acceptors (Lipinski definition) is 6. The fourth-order valence-corrected chi connectivity index (χ4v) is 4.65. The average molecular weight is 526 g/mol. The molecule has 0 amide bonds. The van der Waals surface area contributed by atoms with Gasteiger partial charge in [-0.15, -0.1) is 0 Å². The minimum absolute atomic E-state index is 0.00475. The van der Waals surface area contributed by atoms with Gasteiger partial charge in [0.2, 0.25) is 0 Å². The van der Waals surface area contributed by atoms with Crippen molar-refractivity contribution >= 4 is 17.6 Å². The van der Waals surface area contributed by atoms with Crippen molar-refractivity contribution in [2.45, 2.75) is 76.9 Å². The van der Waals surface area contributed by atoms with Crippen LogP contribution in [0.15, 0.2) is 71.8 Å². The summed E-state index contributed by atoms with van der Waals surface area (Å²) in [6.07, 6.45) is 2.81. The molecular formula is C30H33F2NO5. The lowest BCUT2D eigenvalue weighted by atomic mass is 9.79. The van der Waals surface area contributed by atoms with Gasteiger partial charge in [-0.05, 0) is 71.7 Å². The molecule has 2 bridgehead atoms. The summed E-state index contributed by atoms with van der Waals surface area (Å²) in [5.41, 5.74) is -2.22. The van der Waals surface area contributed by atoms with Crippen molar-refractivity contribution in [3.63, 3.8) is 0 Å². The highest BCUT2D eigenvalue weighted by molar-refractivity contribution is 6.05. The van der Waals surface area contributed by atoms with E-state index in [1.807, 2.05) is 30.3 Å². The van der Waals surface area contributed by atoms with Crippen LogP contribution >= 0.6 is 0 Å². The molecule has 2 aliphatic rings. The van der Waals surface area contributed by atoms with E-state index in [2.05, 4.69) is 5.32 Å². The maximum atomic E-state index is 14.8. The number of rotatable bonds is 7. The lowest BCUT2D eigenvalue weighted by molar-refractivity contribution is -0.154. The van der Waals surface area contributed by atoms with Crippen LogP contribution in [0.4, 0.5) is 14.5 Å². The molecule has 0 radical (unpaired) electrons. The molecule has 202 valence electrons. The third kappa shape index (κ3) is 5.80. The highest BCUT2D eigenvalue weighted by Gasteiger charge is 2.59. The molecule has 4 rings (SSSR count). The van der Waals surface area contributed by atoms with Gasteiger partial charge in [-0.3, -0.25) is 0 Å². The van der Waals surface area contributed by atoms with Gasteiger partial charge in [0.05, 0.1) is 22.9 Å². The fourth-order valence-electron chi connectivity index (χ4n) is 4.65. The molecule has 8 heteroatoms. The highest BCUT2D eigenvalue weighted by Crippen LogP contribution is 2.48. The summed E-state index contributed by atoms with van der Waals surface area (Å²) in [6, 6.07) is 11.8. The molecule has 38 heavy (non-hydrogen) atoms. The number of benzene rings is 2. The Bertz CT molecular complexity index is 1290. The number of anilines is 1. The van der Waals surface area contributed by atoms with Gasteiger partial charge in [-0.2, -0.15) is 0 Å². The van der Waals surface area contributed by atoms with Gasteiger partial charge in [0.25, 0.3) is 0 Å². The lowest BCUT2D eigenvalue weighted by Gasteiger charge is -2.37. The van der Waals surface area contributed by atoms with Gasteiger partial charge in [0.1, 0.15) is 34.5 Å². The molecule has 2 aromatic rings. The molecular weight excluding hydrogens is 492 g/mol. The Hall–Kier alpha value is -3.52. The SMILES string of the molecule is CC(C)(C)OC(=O)C1=C(C(=O)OC(C)(C)C)C2(C(Cc3ccccc3)Nc3ccc(F)cc3F)C=CC1O2. The molecule has 0 saturated heterocycles. The number of carbonyl (C=O) groups excluding carboxylic acids is 2. The van der Waals surface area contributed by atoms with E-state index in [4.69, 9.17) is 14.2 Å². The maximum absolute atomic E-state index is 14.8. The second-order valence-corrected chi connectivity index (χ2v) is 11.5. The molecule has 0 spiro atoms. The number of nitrogens with one attached hydrogen (secondary N) is 1. The maximum Gasteiger partial charge on any atom is 0.338 e. The zero-order chi connectivity index (χ0) is 27.9. The van der Waals surface area contributed by atoms with Crippen molar-refractivity contribution in [1.29, 1.82) is 0 Å². The average Bonchev–Trinajstić information content (AvgIpc) is 3.37. The van der Waals surface area contributed by atoms with E-state index < -0.39 is 52.5 Å². The van der Waals surface area contributed by atoms with Gasteiger partial charge in [0.15, 0.2) is 0 Å². The zero-order valence-corrected chi connectivity index (χ0v) is 22.4. The normalized spacial score (nSPS) is 21.4. The Morgan fingerprint density at radius 2 is 1.61 bits per heavy atom. The Kier molecular flexibility index (Phi) is 7.23. The van der Waals surface area contributed by atoms with E-state index in [0.29, 0.717) is 0 Å². The predicted molar refractivity (Wildman–Crippen MR) is 139 cm³/mol. The summed E-state index contributed by atoms with van der Waals surface area (Å²) in [6.45, 7) is 10.4. The van der Waals surface area contributed by atoms with Crippen molar-refractivity contribution in [1.82, 2.24) is 0 Å². The Morgan fingerprint density at radius 3 is 2.21 bits per heavy atom. The lowest BCUT2D eigenvalue weighted by Crippen LogP contribution is -2.50. The van der Waals surface area contributed by atoms with Crippen molar-refractivity contribution in [2.24, 2.45) is 0 Å². The molecule has 2 aliphatic heterocycles. The van der Waals surface area contributed by atoms with Crippen LogP contribution in [0.1, 0.15) is 47.1 Å². The molecule has 0 aliphatic carbocycles. The predicted octanol–water partition coefficient (Wildman–Crippen LogP) is 5.68. The van der Waals surface area contributed by atoms with Crippen LogP contribution in [0.3, 0.4) is 0 Å².